The van der Waals surface area contributed by atoms with Crippen molar-refractivity contribution in [1.82, 2.24) is 9.80 Å². The van der Waals surface area contributed by atoms with Gasteiger partial charge in [0.2, 0.25) is 15.0 Å². The number of likely N-dealkylation sites (tertiary alicyclic amines) is 1. The van der Waals surface area contributed by atoms with Gasteiger partial charge >= 0.3 is 0 Å². The molecule has 1 heterocycles. The molecule has 0 bridgehead atoms. The summed E-state index contributed by atoms with van der Waals surface area (Å²) in [5.41, 5.74) is 0. The van der Waals surface area contributed by atoms with E-state index in [0.717, 1.165) is 6.54 Å². The maximum atomic E-state index is 11.4. The fraction of sp³-hybridized carbons (Fsp3) is 0.875. The van der Waals surface area contributed by atoms with Gasteiger partial charge in [-0.05, 0) is 14.1 Å². The van der Waals surface area contributed by atoms with E-state index in [1.807, 2.05) is 19.0 Å². The molecule has 0 aromatic heterocycles. The molecule has 0 saturated carbocycles. The number of hydrogen-bond acceptors (Lipinski definition) is 4. The fourth-order valence-electron chi connectivity index (χ4n) is 1.46. The van der Waals surface area contributed by atoms with E-state index in [-0.39, 0.29) is 18.9 Å². The van der Waals surface area contributed by atoms with Crippen molar-refractivity contribution in [2.45, 2.75) is 11.7 Å². The zero-order chi connectivity index (χ0) is 11.6. The van der Waals surface area contributed by atoms with Crippen molar-refractivity contribution < 1.29 is 13.2 Å². The van der Waals surface area contributed by atoms with Gasteiger partial charge in [-0.1, -0.05) is 0 Å². The van der Waals surface area contributed by atoms with Crippen LogP contribution in [-0.4, -0.2) is 63.1 Å². The van der Waals surface area contributed by atoms with E-state index in [2.05, 4.69) is 0 Å². The van der Waals surface area contributed by atoms with Crippen molar-refractivity contribution >= 4 is 25.6 Å². The molecule has 1 unspecified atom stereocenters. The topological polar surface area (TPSA) is 57.7 Å². The SMILES string of the molecule is CN(C)CCN1CC(S(=O)(=O)Cl)CC1=O. The molecule has 0 N–H and O–H groups in total. The van der Waals surface area contributed by atoms with Crippen molar-refractivity contribution in [3.05, 3.63) is 0 Å². The van der Waals surface area contributed by atoms with E-state index >= 15 is 0 Å². The van der Waals surface area contributed by atoms with E-state index in [1.165, 1.54) is 0 Å². The van der Waals surface area contributed by atoms with Crippen LogP contribution < -0.4 is 0 Å². The summed E-state index contributed by atoms with van der Waals surface area (Å²) in [5.74, 6) is -0.133. The average molecular weight is 255 g/mol. The summed E-state index contributed by atoms with van der Waals surface area (Å²) in [7, 11) is 5.40. The van der Waals surface area contributed by atoms with Gasteiger partial charge in [0.05, 0.1) is 0 Å². The number of amides is 1. The second-order valence-corrected chi connectivity index (χ2v) is 6.85. The van der Waals surface area contributed by atoms with Crippen LogP contribution in [0.3, 0.4) is 0 Å². The molecule has 0 aliphatic carbocycles. The van der Waals surface area contributed by atoms with Crippen LogP contribution in [0.15, 0.2) is 0 Å². The second kappa shape index (κ2) is 4.67. The van der Waals surface area contributed by atoms with E-state index < -0.39 is 14.3 Å². The predicted octanol–water partition coefficient (Wildman–Crippen LogP) is -0.282. The normalized spacial score (nSPS) is 22.8. The summed E-state index contributed by atoms with van der Waals surface area (Å²) in [4.78, 5) is 14.9. The van der Waals surface area contributed by atoms with Crippen LogP contribution in [0, 0.1) is 0 Å². The maximum Gasteiger partial charge on any atom is 0.237 e. The molecule has 1 fully saturated rings. The van der Waals surface area contributed by atoms with Crippen molar-refractivity contribution in [3.8, 4) is 0 Å². The minimum Gasteiger partial charge on any atom is -0.340 e. The third-order valence-corrected chi connectivity index (χ3v) is 4.26. The van der Waals surface area contributed by atoms with Crippen LogP contribution in [0.4, 0.5) is 0 Å². The fourth-order valence-corrected chi connectivity index (χ4v) is 2.52. The first-order valence-electron chi connectivity index (χ1n) is 4.66. The van der Waals surface area contributed by atoms with Gasteiger partial charge in [0.15, 0.2) is 0 Å². The van der Waals surface area contributed by atoms with Crippen LogP contribution in [0.2, 0.25) is 0 Å². The van der Waals surface area contributed by atoms with Crippen LogP contribution >= 0.6 is 10.7 Å². The first-order chi connectivity index (χ1) is 6.80. The third-order valence-electron chi connectivity index (χ3n) is 2.39. The Balaban J connectivity index is 2.54. The lowest BCUT2D eigenvalue weighted by Crippen LogP contribution is -2.33. The number of carbonyl (C=O) groups excluding carboxylic acids is 1. The number of rotatable bonds is 4. The van der Waals surface area contributed by atoms with Crippen LogP contribution in [-0.2, 0) is 13.8 Å². The smallest absolute Gasteiger partial charge is 0.237 e. The van der Waals surface area contributed by atoms with Gasteiger partial charge in [-0.15, -0.1) is 0 Å². The Bertz CT molecular complexity index is 342. The van der Waals surface area contributed by atoms with Crippen LogP contribution in [0.1, 0.15) is 6.42 Å². The van der Waals surface area contributed by atoms with Gasteiger partial charge in [0.25, 0.3) is 0 Å². The molecule has 0 spiro atoms. The van der Waals surface area contributed by atoms with Gasteiger partial charge < -0.3 is 9.80 Å². The average Bonchev–Trinajstić information content (AvgIpc) is 2.42. The van der Waals surface area contributed by atoms with Gasteiger partial charge in [0.1, 0.15) is 5.25 Å². The number of likely N-dealkylation sites (N-methyl/N-ethyl adjacent to an activating group) is 1. The molecule has 7 heteroatoms. The lowest BCUT2D eigenvalue weighted by Gasteiger charge is -2.18. The molecule has 0 aromatic carbocycles. The summed E-state index contributed by atoms with van der Waals surface area (Å²) >= 11 is 0. The number of halogens is 1. The molecule has 88 valence electrons. The van der Waals surface area contributed by atoms with Crippen LogP contribution in [0.25, 0.3) is 0 Å². The van der Waals surface area contributed by atoms with Crippen LogP contribution in [0.5, 0.6) is 0 Å². The summed E-state index contributed by atoms with van der Waals surface area (Å²) < 4.78 is 22.1. The molecule has 1 rings (SSSR count). The van der Waals surface area contributed by atoms with E-state index in [4.69, 9.17) is 10.7 Å². The van der Waals surface area contributed by atoms with Crippen molar-refractivity contribution in [2.24, 2.45) is 0 Å². The Morgan fingerprint density at radius 3 is 2.53 bits per heavy atom. The number of hydrogen-bond donors (Lipinski definition) is 0. The highest BCUT2D eigenvalue weighted by atomic mass is 35.7. The summed E-state index contributed by atoms with van der Waals surface area (Å²) in [5, 5.41) is -0.742. The minimum atomic E-state index is -3.61. The van der Waals surface area contributed by atoms with Crippen molar-refractivity contribution in [2.75, 3.05) is 33.7 Å². The number of carbonyl (C=O) groups is 1. The Hall–Kier alpha value is -0.330. The molecule has 1 saturated heterocycles. The van der Waals surface area contributed by atoms with Crippen molar-refractivity contribution in [1.29, 1.82) is 0 Å². The number of nitrogens with zero attached hydrogens (tertiary/aromatic N) is 2. The largest absolute Gasteiger partial charge is 0.340 e. The highest BCUT2D eigenvalue weighted by Crippen LogP contribution is 2.20. The summed E-state index contributed by atoms with van der Waals surface area (Å²) in [6, 6.07) is 0. The minimum absolute atomic E-state index is 0.0132. The van der Waals surface area contributed by atoms with Gasteiger partial charge in [0, 0.05) is 36.7 Å². The second-order valence-electron chi connectivity index (χ2n) is 3.94. The molecule has 1 amide bonds. The quantitative estimate of drug-likeness (QED) is 0.648. The van der Waals surface area contributed by atoms with E-state index in [1.54, 1.807) is 4.90 Å². The molecule has 5 nitrogen and oxygen atoms in total. The van der Waals surface area contributed by atoms with Gasteiger partial charge in [-0.25, -0.2) is 8.42 Å². The Morgan fingerprint density at radius 1 is 1.53 bits per heavy atom. The first kappa shape index (κ1) is 12.7. The van der Waals surface area contributed by atoms with Crippen molar-refractivity contribution in [3.63, 3.8) is 0 Å². The highest BCUT2D eigenvalue weighted by Gasteiger charge is 2.36. The molecule has 15 heavy (non-hydrogen) atoms. The lowest BCUT2D eigenvalue weighted by molar-refractivity contribution is -0.127. The standard InChI is InChI=1S/C8H15ClN2O3S/c1-10(2)3-4-11-6-7(5-8(11)12)15(9,13)14/h7H,3-6H2,1-2H3. The Morgan fingerprint density at radius 2 is 2.13 bits per heavy atom. The lowest BCUT2D eigenvalue weighted by atomic mass is 10.4. The maximum absolute atomic E-state index is 11.4. The molecule has 1 atom stereocenters. The van der Waals surface area contributed by atoms with E-state index in [0.29, 0.717) is 6.54 Å². The monoisotopic (exact) mass is 254 g/mol. The predicted molar refractivity (Wildman–Crippen MR) is 58.3 cm³/mol. The molecule has 0 radical (unpaired) electrons. The molecular formula is C8H15ClN2O3S. The summed E-state index contributed by atoms with van der Waals surface area (Å²) in [6.07, 6.45) is 0.0132. The molecule has 0 aromatic rings. The van der Waals surface area contributed by atoms with E-state index in [9.17, 15) is 13.2 Å². The Labute approximate surface area is 94.4 Å². The Kier molecular flexibility index (Phi) is 3.97. The zero-order valence-corrected chi connectivity index (χ0v) is 10.4. The molecule has 1 aliphatic rings. The third kappa shape index (κ3) is 3.62. The first-order valence-corrected chi connectivity index (χ1v) is 7.04. The summed E-state index contributed by atoms with van der Waals surface area (Å²) in [6.45, 7) is 1.49. The zero-order valence-electron chi connectivity index (χ0n) is 8.81. The highest BCUT2D eigenvalue weighted by molar-refractivity contribution is 8.14. The molecule has 1 aliphatic heterocycles. The van der Waals surface area contributed by atoms with Gasteiger partial charge in [-0.2, -0.15) is 0 Å². The molecular weight excluding hydrogens is 240 g/mol. The van der Waals surface area contributed by atoms with Gasteiger partial charge in [-0.3, -0.25) is 4.79 Å².